The van der Waals surface area contributed by atoms with E-state index in [4.69, 9.17) is 0 Å². The highest BCUT2D eigenvalue weighted by molar-refractivity contribution is 5.73. The van der Waals surface area contributed by atoms with Crippen LogP contribution in [0, 0.1) is 6.92 Å². The SMILES string of the molecule is Cc1ccc(NCCNC(=O)N(C)C)nc1. The maximum absolute atomic E-state index is 11.2. The molecule has 0 aromatic carbocycles. The van der Waals surface area contributed by atoms with Gasteiger partial charge in [-0.25, -0.2) is 9.78 Å². The highest BCUT2D eigenvalue weighted by atomic mass is 16.2. The number of anilines is 1. The van der Waals surface area contributed by atoms with Crippen molar-refractivity contribution < 1.29 is 4.79 Å². The van der Waals surface area contributed by atoms with Gasteiger partial charge in [-0.1, -0.05) is 6.07 Å². The first kappa shape index (κ1) is 12.3. The van der Waals surface area contributed by atoms with Crippen molar-refractivity contribution in [2.75, 3.05) is 32.5 Å². The number of nitrogens with one attached hydrogen (secondary N) is 2. The van der Waals surface area contributed by atoms with Crippen LogP contribution in [0.2, 0.25) is 0 Å². The van der Waals surface area contributed by atoms with Crippen molar-refractivity contribution in [3.63, 3.8) is 0 Å². The molecule has 0 atom stereocenters. The van der Waals surface area contributed by atoms with E-state index in [2.05, 4.69) is 15.6 Å². The topological polar surface area (TPSA) is 57.3 Å². The number of rotatable bonds is 4. The molecule has 88 valence electrons. The molecule has 0 spiro atoms. The lowest BCUT2D eigenvalue weighted by Gasteiger charge is -2.12. The molecular formula is C11H18N4O. The number of nitrogens with zero attached hydrogens (tertiary/aromatic N) is 2. The van der Waals surface area contributed by atoms with E-state index in [-0.39, 0.29) is 6.03 Å². The highest BCUT2D eigenvalue weighted by Crippen LogP contribution is 2.02. The van der Waals surface area contributed by atoms with Crippen molar-refractivity contribution in [2.45, 2.75) is 6.92 Å². The summed E-state index contributed by atoms with van der Waals surface area (Å²) in [6.45, 7) is 3.23. The van der Waals surface area contributed by atoms with Gasteiger partial charge < -0.3 is 15.5 Å². The molecule has 1 rings (SSSR count). The number of pyridine rings is 1. The molecule has 5 nitrogen and oxygen atoms in total. The third-order valence-electron chi connectivity index (χ3n) is 2.02. The lowest BCUT2D eigenvalue weighted by molar-refractivity contribution is 0.218. The van der Waals surface area contributed by atoms with Gasteiger partial charge in [0.15, 0.2) is 0 Å². The van der Waals surface area contributed by atoms with Crippen LogP contribution in [0.5, 0.6) is 0 Å². The van der Waals surface area contributed by atoms with Gasteiger partial charge >= 0.3 is 6.03 Å². The number of aryl methyl sites for hydroxylation is 1. The third kappa shape index (κ3) is 4.16. The average Bonchev–Trinajstić information content (AvgIpc) is 2.26. The quantitative estimate of drug-likeness (QED) is 0.749. The van der Waals surface area contributed by atoms with Gasteiger partial charge in [0.2, 0.25) is 0 Å². The van der Waals surface area contributed by atoms with Gasteiger partial charge in [0.1, 0.15) is 5.82 Å². The number of amides is 2. The summed E-state index contributed by atoms with van der Waals surface area (Å²) in [6, 6.07) is 3.83. The first-order valence-corrected chi connectivity index (χ1v) is 5.21. The predicted molar refractivity (Wildman–Crippen MR) is 64.5 cm³/mol. The van der Waals surface area contributed by atoms with E-state index in [0.717, 1.165) is 11.4 Å². The molecule has 0 aliphatic rings. The molecule has 2 amide bonds. The maximum atomic E-state index is 11.2. The molecule has 5 heteroatoms. The van der Waals surface area contributed by atoms with Gasteiger partial charge in [-0.3, -0.25) is 0 Å². The van der Waals surface area contributed by atoms with Crippen LogP contribution in [0.4, 0.5) is 10.6 Å². The largest absolute Gasteiger partial charge is 0.368 e. The van der Waals surface area contributed by atoms with Crippen LogP contribution in [0.25, 0.3) is 0 Å². The van der Waals surface area contributed by atoms with Crippen LogP contribution in [-0.2, 0) is 0 Å². The van der Waals surface area contributed by atoms with Crippen LogP contribution in [0.3, 0.4) is 0 Å². The number of carbonyl (C=O) groups excluding carboxylic acids is 1. The Morgan fingerprint density at radius 2 is 2.12 bits per heavy atom. The zero-order valence-corrected chi connectivity index (χ0v) is 9.95. The number of hydrogen-bond acceptors (Lipinski definition) is 3. The van der Waals surface area contributed by atoms with E-state index >= 15 is 0 Å². The summed E-state index contributed by atoms with van der Waals surface area (Å²) in [6.07, 6.45) is 1.81. The minimum atomic E-state index is -0.0846. The molecule has 0 aliphatic carbocycles. The van der Waals surface area contributed by atoms with Crippen molar-refractivity contribution in [3.8, 4) is 0 Å². The van der Waals surface area contributed by atoms with Gasteiger partial charge in [-0.2, -0.15) is 0 Å². The van der Waals surface area contributed by atoms with Crippen molar-refractivity contribution >= 4 is 11.8 Å². The molecule has 1 aromatic heterocycles. The predicted octanol–water partition coefficient (Wildman–Crippen LogP) is 1.07. The van der Waals surface area contributed by atoms with Crippen molar-refractivity contribution in [2.24, 2.45) is 0 Å². The molecule has 0 aliphatic heterocycles. The van der Waals surface area contributed by atoms with Gasteiger partial charge in [0.25, 0.3) is 0 Å². The molecule has 2 N–H and O–H groups in total. The second-order valence-corrected chi connectivity index (χ2v) is 3.77. The Morgan fingerprint density at radius 3 is 2.69 bits per heavy atom. The Balaban J connectivity index is 2.21. The van der Waals surface area contributed by atoms with Crippen molar-refractivity contribution in [1.82, 2.24) is 15.2 Å². The first-order chi connectivity index (χ1) is 7.59. The van der Waals surface area contributed by atoms with E-state index in [0.29, 0.717) is 13.1 Å². The summed E-state index contributed by atoms with van der Waals surface area (Å²) in [5.41, 5.74) is 1.13. The van der Waals surface area contributed by atoms with Gasteiger partial charge in [0, 0.05) is 33.4 Å². The molecule has 0 fully saturated rings. The fourth-order valence-corrected chi connectivity index (χ4v) is 1.09. The molecule has 0 bridgehead atoms. The first-order valence-electron chi connectivity index (χ1n) is 5.21. The van der Waals surface area contributed by atoms with Crippen LogP contribution in [0.1, 0.15) is 5.56 Å². The van der Waals surface area contributed by atoms with Crippen molar-refractivity contribution in [3.05, 3.63) is 23.9 Å². The second-order valence-electron chi connectivity index (χ2n) is 3.77. The van der Waals surface area contributed by atoms with Crippen molar-refractivity contribution in [1.29, 1.82) is 0 Å². The standard InChI is InChI=1S/C11H18N4O/c1-9-4-5-10(14-8-9)12-6-7-13-11(16)15(2)3/h4-5,8H,6-7H2,1-3H3,(H,12,14)(H,13,16). The minimum Gasteiger partial charge on any atom is -0.368 e. The third-order valence-corrected chi connectivity index (χ3v) is 2.02. The van der Waals surface area contributed by atoms with Gasteiger partial charge in [0.05, 0.1) is 0 Å². The maximum Gasteiger partial charge on any atom is 0.316 e. The molecule has 0 radical (unpaired) electrons. The van der Waals surface area contributed by atoms with Gasteiger partial charge in [-0.05, 0) is 18.6 Å². The highest BCUT2D eigenvalue weighted by Gasteiger charge is 2.00. The van der Waals surface area contributed by atoms with E-state index in [1.165, 1.54) is 4.90 Å². The molecular weight excluding hydrogens is 204 g/mol. The Labute approximate surface area is 95.9 Å². The molecule has 1 heterocycles. The molecule has 0 unspecified atom stereocenters. The summed E-state index contributed by atoms with van der Waals surface area (Å²) in [5.74, 6) is 0.824. The number of hydrogen-bond donors (Lipinski definition) is 2. The second kappa shape index (κ2) is 5.95. The summed E-state index contributed by atoms with van der Waals surface area (Å²) in [4.78, 5) is 16.9. The molecule has 0 saturated carbocycles. The number of aromatic nitrogens is 1. The van der Waals surface area contributed by atoms with Gasteiger partial charge in [-0.15, -0.1) is 0 Å². The monoisotopic (exact) mass is 222 g/mol. The number of carbonyl (C=O) groups is 1. The van der Waals surface area contributed by atoms with Crippen LogP contribution >= 0.6 is 0 Å². The zero-order chi connectivity index (χ0) is 12.0. The Bertz CT molecular complexity index is 334. The fraction of sp³-hybridized carbons (Fsp3) is 0.455. The Morgan fingerprint density at radius 1 is 1.38 bits per heavy atom. The van der Waals surface area contributed by atoms with Crippen LogP contribution in [-0.4, -0.2) is 43.1 Å². The lowest BCUT2D eigenvalue weighted by atomic mass is 10.3. The summed E-state index contributed by atoms with van der Waals surface area (Å²) < 4.78 is 0. The lowest BCUT2D eigenvalue weighted by Crippen LogP contribution is -2.37. The summed E-state index contributed by atoms with van der Waals surface area (Å²) in [7, 11) is 3.43. The smallest absolute Gasteiger partial charge is 0.316 e. The zero-order valence-electron chi connectivity index (χ0n) is 9.95. The minimum absolute atomic E-state index is 0.0846. The van der Waals surface area contributed by atoms with E-state index < -0.39 is 0 Å². The van der Waals surface area contributed by atoms with Crippen LogP contribution < -0.4 is 10.6 Å². The average molecular weight is 222 g/mol. The Kier molecular flexibility index (Phi) is 4.57. The normalized spacial score (nSPS) is 9.69. The Hall–Kier alpha value is -1.78. The van der Waals surface area contributed by atoms with E-state index in [1.807, 2.05) is 19.1 Å². The van der Waals surface area contributed by atoms with Crippen LogP contribution in [0.15, 0.2) is 18.3 Å². The van der Waals surface area contributed by atoms with E-state index in [9.17, 15) is 4.79 Å². The molecule has 16 heavy (non-hydrogen) atoms. The van der Waals surface area contributed by atoms with E-state index in [1.54, 1.807) is 20.3 Å². The molecule has 1 aromatic rings. The summed E-state index contributed by atoms with van der Waals surface area (Å²) in [5, 5.41) is 5.88. The summed E-state index contributed by atoms with van der Waals surface area (Å²) >= 11 is 0. The fourth-order valence-electron chi connectivity index (χ4n) is 1.09. The number of urea groups is 1. The molecule has 0 saturated heterocycles.